The number of aryl methyl sites for hydroxylation is 2. The summed E-state index contributed by atoms with van der Waals surface area (Å²) in [6, 6.07) is 0. The average Bonchev–Trinajstić information content (AvgIpc) is 2.75. The smallest absolute Gasteiger partial charge is 0.260 e. The molecule has 2 heterocycles. The Hall–Kier alpha value is -1.76. The quantitative estimate of drug-likeness (QED) is 0.818. The minimum absolute atomic E-state index is 0.223. The van der Waals surface area contributed by atoms with E-state index < -0.39 is 0 Å². The highest BCUT2D eigenvalue weighted by Crippen LogP contribution is 2.14. The number of anilines is 1. The van der Waals surface area contributed by atoms with Gasteiger partial charge in [0.25, 0.3) is 5.91 Å². The van der Waals surface area contributed by atoms with Gasteiger partial charge in [-0.15, -0.1) is 10.2 Å². The largest absolute Gasteiger partial charge is 0.296 e. The van der Waals surface area contributed by atoms with E-state index in [0.29, 0.717) is 10.7 Å². The van der Waals surface area contributed by atoms with Gasteiger partial charge in [-0.1, -0.05) is 11.3 Å². The first-order valence-corrected chi connectivity index (χ1v) is 5.07. The lowest BCUT2D eigenvalue weighted by Crippen LogP contribution is -2.10. The maximum atomic E-state index is 11.6. The van der Waals surface area contributed by atoms with Crippen LogP contribution in [0.25, 0.3) is 0 Å². The number of hydrogen-bond donors (Lipinski definition) is 1. The molecule has 6 nitrogen and oxygen atoms in total. The molecular weight excluding hydrogens is 214 g/mol. The number of nitrogens with one attached hydrogen (secondary N) is 1. The van der Waals surface area contributed by atoms with Crippen molar-refractivity contribution < 1.29 is 4.79 Å². The van der Waals surface area contributed by atoms with Crippen molar-refractivity contribution in [3.8, 4) is 0 Å². The fourth-order valence-corrected chi connectivity index (χ4v) is 1.64. The Morgan fingerprint density at radius 2 is 2.33 bits per heavy atom. The van der Waals surface area contributed by atoms with Gasteiger partial charge < -0.3 is 0 Å². The number of carbonyl (C=O) groups excluding carboxylic acids is 1. The predicted octanol–water partition coefficient (Wildman–Crippen LogP) is 0.832. The molecule has 0 saturated heterocycles. The van der Waals surface area contributed by atoms with E-state index in [4.69, 9.17) is 0 Å². The average molecular weight is 223 g/mol. The van der Waals surface area contributed by atoms with E-state index >= 15 is 0 Å². The number of hydrogen-bond acceptors (Lipinski definition) is 5. The zero-order valence-electron chi connectivity index (χ0n) is 8.26. The van der Waals surface area contributed by atoms with Crippen molar-refractivity contribution in [2.24, 2.45) is 7.05 Å². The molecule has 7 heteroatoms. The molecule has 0 saturated carbocycles. The van der Waals surface area contributed by atoms with Crippen LogP contribution < -0.4 is 5.32 Å². The lowest BCUT2D eigenvalue weighted by Gasteiger charge is -1.95. The highest BCUT2D eigenvalue weighted by Gasteiger charge is 2.10. The molecule has 0 aliphatic heterocycles. The fourth-order valence-electron chi connectivity index (χ4n) is 1.05. The first-order chi connectivity index (χ1) is 7.15. The molecule has 15 heavy (non-hydrogen) atoms. The molecule has 0 unspecified atom stereocenters. The summed E-state index contributed by atoms with van der Waals surface area (Å²) in [6.45, 7) is 1.83. The Morgan fingerprint density at radius 3 is 2.87 bits per heavy atom. The summed E-state index contributed by atoms with van der Waals surface area (Å²) >= 11 is 1.34. The van der Waals surface area contributed by atoms with Crippen LogP contribution in [0.2, 0.25) is 0 Å². The molecule has 0 spiro atoms. The summed E-state index contributed by atoms with van der Waals surface area (Å²) in [7, 11) is 1.76. The van der Waals surface area contributed by atoms with E-state index in [1.165, 1.54) is 17.5 Å². The van der Waals surface area contributed by atoms with Crippen molar-refractivity contribution in [3.05, 3.63) is 23.0 Å². The summed E-state index contributed by atoms with van der Waals surface area (Å²) < 4.78 is 1.57. The molecule has 0 radical (unpaired) electrons. The van der Waals surface area contributed by atoms with E-state index in [0.717, 1.165) is 5.01 Å². The van der Waals surface area contributed by atoms with Gasteiger partial charge in [-0.3, -0.25) is 14.8 Å². The Bertz CT molecular complexity index is 489. The number of carbonyl (C=O) groups is 1. The second-order valence-corrected chi connectivity index (χ2v) is 4.16. The van der Waals surface area contributed by atoms with Crippen molar-refractivity contribution in [1.82, 2.24) is 20.0 Å². The third kappa shape index (κ3) is 2.18. The summed E-state index contributed by atoms with van der Waals surface area (Å²) in [5, 5.41) is 15.5. The van der Waals surface area contributed by atoms with Gasteiger partial charge in [0.1, 0.15) is 5.01 Å². The molecule has 1 N–H and O–H groups in total. The van der Waals surface area contributed by atoms with E-state index in [-0.39, 0.29) is 5.91 Å². The topological polar surface area (TPSA) is 72.7 Å². The van der Waals surface area contributed by atoms with Crippen molar-refractivity contribution in [1.29, 1.82) is 0 Å². The second kappa shape index (κ2) is 3.77. The summed E-state index contributed by atoms with van der Waals surface area (Å²) in [4.78, 5) is 11.6. The maximum Gasteiger partial charge on any atom is 0.260 e. The SMILES string of the molecule is Cc1nnc(NC(=O)c2cnn(C)c2)s1. The number of amides is 1. The van der Waals surface area contributed by atoms with Gasteiger partial charge in [0, 0.05) is 13.2 Å². The minimum Gasteiger partial charge on any atom is -0.296 e. The van der Waals surface area contributed by atoms with Crippen LogP contribution in [0.1, 0.15) is 15.4 Å². The molecule has 78 valence electrons. The molecule has 2 aromatic heterocycles. The van der Waals surface area contributed by atoms with Gasteiger partial charge >= 0.3 is 0 Å². The normalized spacial score (nSPS) is 10.3. The summed E-state index contributed by atoms with van der Waals surface area (Å²) in [5.41, 5.74) is 0.505. The molecule has 2 aromatic rings. The lowest BCUT2D eigenvalue weighted by atomic mass is 10.3. The van der Waals surface area contributed by atoms with Gasteiger partial charge in [0.15, 0.2) is 0 Å². The van der Waals surface area contributed by atoms with Gasteiger partial charge in [0.2, 0.25) is 5.13 Å². The zero-order chi connectivity index (χ0) is 10.8. The molecule has 0 aliphatic rings. The van der Waals surface area contributed by atoms with Gasteiger partial charge in [-0.25, -0.2) is 0 Å². The van der Waals surface area contributed by atoms with E-state index in [1.54, 1.807) is 17.9 Å². The Balaban J connectivity index is 2.10. The first kappa shape index (κ1) is 9.78. The Labute approximate surface area is 90.0 Å². The van der Waals surface area contributed by atoms with Crippen molar-refractivity contribution in [2.45, 2.75) is 6.92 Å². The van der Waals surface area contributed by atoms with Crippen LogP contribution in [0.15, 0.2) is 12.4 Å². The van der Waals surface area contributed by atoms with Crippen LogP contribution in [0.4, 0.5) is 5.13 Å². The third-order valence-corrected chi connectivity index (χ3v) is 2.47. The lowest BCUT2D eigenvalue weighted by molar-refractivity contribution is 0.102. The number of aromatic nitrogens is 4. The molecule has 0 atom stereocenters. The second-order valence-electron chi connectivity index (χ2n) is 2.98. The number of rotatable bonds is 2. The van der Waals surface area contributed by atoms with Crippen LogP contribution >= 0.6 is 11.3 Å². The van der Waals surface area contributed by atoms with Crippen LogP contribution in [0.3, 0.4) is 0 Å². The highest BCUT2D eigenvalue weighted by atomic mass is 32.1. The van der Waals surface area contributed by atoms with E-state index in [1.807, 2.05) is 6.92 Å². The molecule has 1 amide bonds. The third-order valence-electron chi connectivity index (χ3n) is 1.71. The Kier molecular flexibility index (Phi) is 2.46. The fraction of sp³-hybridized carbons (Fsp3) is 0.250. The van der Waals surface area contributed by atoms with Gasteiger partial charge in [-0.2, -0.15) is 5.10 Å². The molecule has 2 rings (SSSR count). The van der Waals surface area contributed by atoms with Crippen molar-refractivity contribution in [3.63, 3.8) is 0 Å². The van der Waals surface area contributed by atoms with Crippen LogP contribution in [0.5, 0.6) is 0 Å². The standard InChI is InChI=1S/C8H9N5OS/c1-5-11-12-8(15-5)10-7(14)6-3-9-13(2)4-6/h3-4H,1-2H3,(H,10,12,14). The predicted molar refractivity (Wildman–Crippen MR) is 55.8 cm³/mol. The monoisotopic (exact) mass is 223 g/mol. The molecule has 0 fully saturated rings. The van der Waals surface area contributed by atoms with Crippen LogP contribution in [-0.4, -0.2) is 25.9 Å². The summed E-state index contributed by atoms with van der Waals surface area (Å²) in [5.74, 6) is -0.223. The zero-order valence-corrected chi connectivity index (χ0v) is 9.08. The molecule has 0 aliphatic carbocycles. The first-order valence-electron chi connectivity index (χ1n) is 4.25. The summed E-state index contributed by atoms with van der Waals surface area (Å²) in [6.07, 6.45) is 3.15. The highest BCUT2D eigenvalue weighted by molar-refractivity contribution is 7.15. The van der Waals surface area contributed by atoms with Crippen molar-refractivity contribution >= 4 is 22.4 Å². The van der Waals surface area contributed by atoms with Crippen LogP contribution in [-0.2, 0) is 7.05 Å². The van der Waals surface area contributed by atoms with Crippen LogP contribution in [0, 0.1) is 6.92 Å². The van der Waals surface area contributed by atoms with Gasteiger partial charge in [-0.05, 0) is 6.92 Å². The Morgan fingerprint density at radius 1 is 1.53 bits per heavy atom. The van der Waals surface area contributed by atoms with E-state index in [2.05, 4.69) is 20.6 Å². The molecule has 0 aromatic carbocycles. The van der Waals surface area contributed by atoms with Gasteiger partial charge in [0.05, 0.1) is 11.8 Å². The minimum atomic E-state index is -0.223. The van der Waals surface area contributed by atoms with Crippen molar-refractivity contribution in [2.75, 3.05) is 5.32 Å². The molecular formula is C8H9N5OS. The maximum absolute atomic E-state index is 11.6. The van der Waals surface area contributed by atoms with E-state index in [9.17, 15) is 4.79 Å². The molecule has 0 bridgehead atoms. The number of nitrogens with zero attached hydrogens (tertiary/aromatic N) is 4.